The van der Waals surface area contributed by atoms with Crippen LogP contribution in [0.15, 0.2) is 30.6 Å². The summed E-state index contributed by atoms with van der Waals surface area (Å²) in [6.07, 6.45) is 9.67. The number of benzene rings is 1. The van der Waals surface area contributed by atoms with E-state index < -0.39 is 0 Å². The second-order valence-electron chi connectivity index (χ2n) is 6.94. The van der Waals surface area contributed by atoms with Crippen molar-refractivity contribution in [1.82, 2.24) is 25.1 Å². The van der Waals surface area contributed by atoms with Gasteiger partial charge in [-0.25, -0.2) is 4.68 Å². The molecule has 0 unspecified atom stereocenters. The zero-order valence-electron chi connectivity index (χ0n) is 13.8. The van der Waals surface area contributed by atoms with Crippen LogP contribution in [-0.2, 0) is 11.2 Å². The van der Waals surface area contributed by atoms with Crippen LogP contribution in [0.4, 0.5) is 0 Å². The van der Waals surface area contributed by atoms with E-state index in [9.17, 15) is 4.79 Å². The summed E-state index contributed by atoms with van der Waals surface area (Å²) in [4.78, 5) is 14.9. The molecule has 1 aliphatic carbocycles. The second-order valence-corrected chi connectivity index (χ2v) is 6.94. The Labute approximate surface area is 141 Å². The van der Waals surface area contributed by atoms with Crippen molar-refractivity contribution in [2.45, 2.75) is 51.0 Å². The Morgan fingerprint density at radius 1 is 1.08 bits per heavy atom. The Kier molecular flexibility index (Phi) is 4.28. The Hall–Kier alpha value is -2.24. The summed E-state index contributed by atoms with van der Waals surface area (Å²) >= 11 is 0. The third-order valence-corrected chi connectivity index (χ3v) is 5.47. The molecule has 1 atom stereocenters. The van der Waals surface area contributed by atoms with Gasteiger partial charge in [0.15, 0.2) is 0 Å². The molecule has 1 amide bonds. The van der Waals surface area contributed by atoms with Gasteiger partial charge in [0.2, 0.25) is 5.91 Å². The third kappa shape index (κ3) is 3.05. The van der Waals surface area contributed by atoms with Gasteiger partial charge in [-0.1, -0.05) is 25.0 Å². The SMILES string of the molecule is O=C(Cc1ccc(-n2cnnn2)cc1)N1CCC[C@@H]1C1CCCC1. The summed E-state index contributed by atoms with van der Waals surface area (Å²) in [5.74, 6) is 1.01. The zero-order valence-corrected chi connectivity index (χ0v) is 13.8. The molecule has 0 radical (unpaired) electrons. The summed E-state index contributed by atoms with van der Waals surface area (Å²) in [7, 11) is 0. The van der Waals surface area contributed by atoms with Crippen molar-refractivity contribution in [2.75, 3.05) is 6.54 Å². The third-order valence-electron chi connectivity index (χ3n) is 5.47. The van der Waals surface area contributed by atoms with Crippen LogP contribution in [0.5, 0.6) is 0 Å². The molecular weight excluding hydrogens is 302 g/mol. The van der Waals surface area contributed by atoms with E-state index in [0.717, 1.165) is 30.1 Å². The van der Waals surface area contributed by atoms with Gasteiger partial charge >= 0.3 is 0 Å². The number of likely N-dealkylation sites (tertiary alicyclic amines) is 1. The first-order chi connectivity index (χ1) is 11.8. The number of carbonyl (C=O) groups is 1. The lowest BCUT2D eigenvalue weighted by Crippen LogP contribution is -2.40. The molecular formula is C18H23N5O. The zero-order chi connectivity index (χ0) is 16.4. The molecule has 1 saturated heterocycles. The molecule has 126 valence electrons. The largest absolute Gasteiger partial charge is 0.339 e. The van der Waals surface area contributed by atoms with E-state index in [0.29, 0.717) is 12.5 Å². The Bertz CT molecular complexity index is 676. The average Bonchev–Trinajstić information content (AvgIpc) is 3.35. The second kappa shape index (κ2) is 6.71. The number of rotatable bonds is 4. The molecule has 6 heteroatoms. The highest BCUT2D eigenvalue weighted by atomic mass is 16.2. The van der Waals surface area contributed by atoms with Crippen LogP contribution in [0.1, 0.15) is 44.1 Å². The van der Waals surface area contributed by atoms with Gasteiger partial charge in [0.25, 0.3) is 0 Å². The quantitative estimate of drug-likeness (QED) is 0.866. The number of amides is 1. The van der Waals surface area contributed by atoms with Crippen LogP contribution < -0.4 is 0 Å². The predicted molar refractivity (Wildman–Crippen MR) is 89.6 cm³/mol. The lowest BCUT2D eigenvalue weighted by Gasteiger charge is -2.29. The van der Waals surface area contributed by atoms with E-state index in [1.165, 1.54) is 32.1 Å². The summed E-state index contributed by atoms with van der Waals surface area (Å²) < 4.78 is 1.61. The normalized spacial score (nSPS) is 21.5. The molecule has 1 aromatic heterocycles. The summed E-state index contributed by atoms with van der Waals surface area (Å²) in [6.45, 7) is 0.933. The molecule has 6 nitrogen and oxygen atoms in total. The van der Waals surface area contributed by atoms with Crippen molar-refractivity contribution in [3.05, 3.63) is 36.2 Å². The van der Waals surface area contributed by atoms with Gasteiger partial charge < -0.3 is 4.90 Å². The molecule has 24 heavy (non-hydrogen) atoms. The first kappa shape index (κ1) is 15.3. The molecule has 1 aromatic carbocycles. The van der Waals surface area contributed by atoms with Gasteiger partial charge in [0.1, 0.15) is 6.33 Å². The van der Waals surface area contributed by atoms with Gasteiger partial charge in [-0.2, -0.15) is 0 Å². The van der Waals surface area contributed by atoms with E-state index >= 15 is 0 Å². The minimum Gasteiger partial charge on any atom is -0.339 e. The van der Waals surface area contributed by atoms with Crippen molar-refractivity contribution in [3.8, 4) is 5.69 Å². The van der Waals surface area contributed by atoms with Gasteiger partial charge in [0, 0.05) is 12.6 Å². The van der Waals surface area contributed by atoms with Gasteiger partial charge in [-0.3, -0.25) is 4.79 Å². The molecule has 2 aliphatic rings. The van der Waals surface area contributed by atoms with Gasteiger partial charge in [0.05, 0.1) is 12.1 Å². The van der Waals surface area contributed by atoms with E-state index in [1.807, 2.05) is 24.3 Å². The van der Waals surface area contributed by atoms with Gasteiger partial charge in [-0.15, -0.1) is 5.10 Å². The summed E-state index contributed by atoms with van der Waals surface area (Å²) in [6, 6.07) is 8.39. The van der Waals surface area contributed by atoms with E-state index in [4.69, 9.17) is 0 Å². The maximum atomic E-state index is 12.8. The smallest absolute Gasteiger partial charge is 0.227 e. The van der Waals surface area contributed by atoms with Crippen LogP contribution >= 0.6 is 0 Å². The van der Waals surface area contributed by atoms with Crippen LogP contribution in [0.3, 0.4) is 0 Å². The Morgan fingerprint density at radius 3 is 2.58 bits per heavy atom. The monoisotopic (exact) mass is 325 g/mol. The Balaban J connectivity index is 1.41. The number of tetrazole rings is 1. The number of nitrogens with zero attached hydrogens (tertiary/aromatic N) is 5. The van der Waals surface area contributed by atoms with Crippen molar-refractivity contribution in [3.63, 3.8) is 0 Å². The Morgan fingerprint density at radius 2 is 1.88 bits per heavy atom. The molecule has 4 rings (SSSR count). The fourth-order valence-corrected chi connectivity index (χ4v) is 4.26. The first-order valence-electron chi connectivity index (χ1n) is 8.93. The van der Waals surface area contributed by atoms with Crippen LogP contribution in [0.2, 0.25) is 0 Å². The topological polar surface area (TPSA) is 63.9 Å². The van der Waals surface area contributed by atoms with Gasteiger partial charge in [-0.05, 0) is 59.7 Å². The highest BCUT2D eigenvalue weighted by Gasteiger charge is 2.35. The molecule has 0 N–H and O–H groups in total. The summed E-state index contributed by atoms with van der Waals surface area (Å²) in [5.41, 5.74) is 1.95. The summed E-state index contributed by atoms with van der Waals surface area (Å²) in [5, 5.41) is 11.2. The molecule has 1 saturated carbocycles. The van der Waals surface area contributed by atoms with Crippen LogP contribution in [0, 0.1) is 5.92 Å². The molecule has 2 heterocycles. The molecule has 2 aromatic rings. The number of hydrogen-bond donors (Lipinski definition) is 0. The standard InChI is InChI=1S/C18H23N5O/c24-18(22-11-3-6-17(22)15-4-1-2-5-15)12-14-7-9-16(10-8-14)23-13-19-20-21-23/h7-10,13,15,17H,1-6,11-12H2/t17-/m1/s1. The molecule has 0 bridgehead atoms. The van der Waals surface area contributed by atoms with E-state index in [1.54, 1.807) is 11.0 Å². The highest BCUT2D eigenvalue weighted by Crippen LogP contribution is 2.35. The van der Waals surface area contributed by atoms with E-state index in [-0.39, 0.29) is 5.91 Å². The number of carbonyl (C=O) groups excluding carboxylic acids is 1. The lowest BCUT2D eigenvalue weighted by molar-refractivity contribution is -0.132. The number of hydrogen-bond acceptors (Lipinski definition) is 4. The average molecular weight is 325 g/mol. The molecule has 0 spiro atoms. The van der Waals surface area contributed by atoms with Crippen molar-refractivity contribution < 1.29 is 4.79 Å². The van der Waals surface area contributed by atoms with Crippen molar-refractivity contribution >= 4 is 5.91 Å². The predicted octanol–water partition coefficient (Wildman–Crippen LogP) is 2.39. The van der Waals surface area contributed by atoms with Crippen molar-refractivity contribution in [2.24, 2.45) is 5.92 Å². The first-order valence-corrected chi connectivity index (χ1v) is 8.93. The number of aromatic nitrogens is 4. The molecule has 2 fully saturated rings. The maximum Gasteiger partial charge on any atom is 0.227 e. The fourth-order valence-electron chi connectivity index (χ4n) is 4.26. The lowest BCUT2D eigenvalue weighted by atomic mass is 9.95. The highest BCUT2D eigenvalue weighted by molar-refractivity contribution is 5.79. The maximum absolute atomic E-state index is 12.8. The van der Waals surface area contributed by atoms with Crippen LogP contribution in [0.25, 0.3) is 5.69 Å². The molecule has 1 aliphatic heterocycles. The minimum absolute atomic E-state index is 0.277. The van der Waals surface area contributed by atoms with Crippen LogP contribution in [-0.4, -0.2) is 43.6 Å². The van der Waals surface area contributed by atoms with Crippen molar-refractivity contribution in [1.29, 1.82) is 0 Å². The fraction of sp³-hybridized carbons (Fsp3) is 0.556. The minimum atomic E-state index is 0.277. The van der Waals surface area contributed by atoms with E-state index in [2.05, 4.69) is 20.4 Å².